The Hall–Kier alpha value is -2.85. The second-order valence-electron chi connectivity index (χ2n) is 22.4. The van der Waals surface area contributed by atoms with Crippen molar-refractivity contribution in [2.75, 3.05) is 85.8 Å². The zero-order chi connectivity index (χ0) is 56.2. The molecule has 442 valence electrons. The maximum absolute atomic E-state index is 12.8. The monoisotopic (exact) mass is 1090 g/mol. The van der Waals surface area contributed by atoms with Crippen LogP contribution in [0.2, 0.25) is 0 Å². The molecule has 0 bridgehead atoms. The fourth-order valence-corrected chi connectivity index (χ4v) is 9.88. The Morgan fingerprint density at radius 1 is 0.421 bits per heavy atom. The van der Waals surface area contributed by atoms with Crippen molar-refractivity contribution in [2.24, 2.45) is 59.0 Å². The second-order valence-corrected chi connectivity index (χ2v) is 22.4. The first-order chi connectivity index (χ1) is 36.1. The Bertz CT molecular complexity index is 1590. The number of carbonyl (C=O) groups excluding carboxylic acids is 5. The number of nitrogens with two attached hydrogens (primary N) is 1. The molecule has 0 radical (unpaired) electrons. The van der Waals surface area contributed by atoms with E-state index in [9.17, 15) is 24.0 Å². The number of hydrogen-bond donors (Lipinski definition) is 2. The number of ketones is 1. The van der Waals surface area contributed by atoms with Crippen molar-refractivity contribution in [3.05, 3.63) is 0 Å². The fourth-order valence-electron chi connectivity index (χ4n) is 9.88. The van der Waals surface area contributed by atoms with Crippen molar-refractivity contribution >= 4 is 29.6 Å². The number of carbonyl (C=O) groups is 5. The SMILES string of the molecule is CC(=O)OCC1O[C@@H](OCCCCCCCOCC(N)(COCCC(=O)CCCCO[C@@H]2OC(COC(C)=O)[C@H](C)[C@H](C)C2C)COCCC(=O)NCCCO[C@@H]2OC(COC(C)=O)[C@H](C)[C@H](C)C2C)C(C)[C@@H](C)[C@H]1C. The molecule has 0 aromatic carbocycles. The molecule has 3 aliphatic rings. The van der Waals surface area contributed by atoms with Gasteiger partial charge >= 0.3 is 17.9 Å². The Morgan fingerprint density at radius 3 is 1.20 bits per heavy atom. The summed E-state index contributed by atoms with van der Waals surface area (Å²) < 4.78 is 70.6. The minimum Gasteiger partial charge on any atom is -0.463 e. The van der Waals surface area contributed by atoms with Crippen molar-refractivity contribution in [2.45, 2.75) is 196 Å². The quantitative estimate of drug-likeness (QED) is 0.0349. The lowest BCUT2D eigenvalue weighted by Crippen LogP contribution is -2.53. The minimum absolute atomic E-state index is 0.0856. The first-order valence-electron chi connectivity index (χ1n) is 28.7. The van der Waals surface area contributed by atoms with Gasteiger partial charge in [-0.15, -0.1) is 0 Å². The van der Waals surface area contributed by atoms with Gasteiger partial charge in [0.15, 0.2) is 18.9 Å². The minimum atomic E-state index is -1.01. The van der Waals surface area contributed by atoms with Crippen molar-refractivity contribution in [3.63, 3.8) is 0 Å². The van der Waals surface area contributed by atoms with Gasteiger partial charge in [0.2, 0.25) is 5.91 Å². The summed E-state index contributed by atoms with van der Waals surface area (Å²) in [7, 11) is 0. The predicted octanol–water partition coefficient (Wildman–Crippen LogP) is 7.35. The van der Waals surface area contributed by atoms with Crippen LogP contribution in [0.4, 0.5) is 0 Å². The Kier molecular flexibility index (Phi) is 32.3. The van der Waals surface area contributed by atoms with E-state index in [4.69, 9.17) is 62.6 Å². The van der Waals surface area contributed by atoms with Crippen LogP contribution in [-0.2, 0) is 80.8 Å². The Balaban J connectivity index is 1.37. The average molecular weight is 1090 g/mol. The highest BCUT2D eigenvalue weighted by Crippen LogP contribution is 2.38. The van der Waals surface area contributed by atoms with E-state index in [1.807, 2.05) is 0 Å². The molecule has 19 heteroatoms. The molecular formula is C57H102N2O17. The van der Waals surface area contributed by atoms with E-state index in [0.717, 1.165) is 32.1 Å². The molecule has 7 unspecified atom stereocenters. The van der Waals surface area contributed by atoms with Crippen LogP contribution in [-0.4, -0.2) is 158 Å². The topological polar surface area (TPSA) is 234 Å². The third kappa shape index (κ3) is 25.1. The summed E-state index contributed by atoms with van der Waals surface area (Å²) in [6, 6.07) is 0. The highest BCUT2D eigenvalue weighted by Gasteiger charge is 2.42. The summed E-state index contributed by atoms with van der Waals surface area (Å²) in [4.78, 5) is 59.7. The van der Waals surface area contributed by atoms with E-state index in [0.29, 0.717) is 76.4 Å². The molecule has 19 nitrogen and oxygen atoms in total. The van der Waals surface area contributed by atoms with Crippen LogP contribution in [0, 0.1) is 53.3 Å². The molecule has 3 aliphatic heterocycles. The number of unbranched alkanes of at least 4 members (excludes halogenated alkanes) is 5. The molecule has 0 spiro atoms. The molecule has 16 atom stereocenters. The van der Waals surface area contributed by atoms with Gasteiger partial charge in [0, 0.05) is 84.2 Å². The fraction of sp³-hybridized carbons (Fsp3) is 0.912. The number of rotatable bonds is 38. The van der Waals surface area contributed by atoms with Gasteiger partial charge in [0.05, 0.1) is 63.5 Å². The van der Waals surface area contributed by atoms with E-state index < -0.39 is 18.1 Å². The van der Waals surface area contributed by atoms with Crippen LogP contribution < -0.4 is 11.1 Å². The summed E-state index contributed by atoms with van der Waals surface area (Å²) in [6.45, 7) is 27.1. The third-order valence-corrected chi connectivity index (χ3v) is 16.2. The molecule has 3 saturated heterocycles. The summed E-state index contributed by atoms with van der Waals surface area (Å²) in [5, 5.41) is 2.93. The molecule has 0 aromatic heterocycles. The lowest BCUT2D eigenvalue weighted by molar-refractivity contribution is -0.255. The highest BCUT2D eigenvalue weighted by atomic mass is 16.7. The summed E-state index contributed by atoms with van der Waals surface area (Å²) >= 11 is 0. The van der Waals surface area contributed by atoms with Gasteiger partial charge in [-0.25, -0.2) is 0 Å². The van der Waals surface area contributed by atoms with E-state index in [2.05, 4.69) is 67.6 Å². The molecule has 3 fully saturated rings. The van der Waals surface area contributed by atoms with Gasteiger partial charge < -0.3 is 67.9 Å². The Labute approximate surface area is 455 Å². The zero-order valence-corrected chi connectivity index (χ0v) is 48.6. The predicted molar refractivity (Wildman–Crippen MR) is 284 cm³/mol. The molecular weight excluding hydrogens is 985 g/mol. The molecule has 3 N–H and O–H groups in total. The number of hydrogen-bond acceptors (Lipinski definition) is 18. The van der Waals surface area contributed by atoms with Crippen molar-refractivity contribution in [3.8, 4) is 0 Å². The largest absolute Gasteiger partial charge is 0.463 e. The Morgan fingerprint density at radius 2 is 0.776 bits per heavy atom. The number of Topliss-reactive ketones (excluding diaryl/α,β-unsaturated/α-hetero) is 1. The second kappa shape index (κ2) is 36.4. The first kappa shape index (κ1) is 67.4. The van der Waals surface area contributed by atoms with E-state index in [1.54, 1.807) is 0 Å². The van der Waals surface area contributed by atoms with Gasteiger partial charge in [-0.1, -0.05) is 81.6 Å². The lowest BCUT2D eigenvalue weighted by Gasteiger charge is -2.43. The average Bonchev–Trinajstić information content (AvgIpc) is 3.37. The van der Waals surface area contributed by atoms with E-state index >= 15 is 0 Å². The van der Waals surface area contributed by atoms with Crippen molar-refractivity contribution < 1.29 is 80.8 Å². The molecule has 3 heterocycles. The number of esters is 3. The van der Waals surface area contributed by atoms with E-state index in [1.165, 1.54) is 20.8 Å². The zero-order valence-electron chi connectivity index (χ0n) is 48.6. The standard InChI is InChI=1S/C57H102N2O17/c1-37-40(4)50(31-71-46(10)60)74-54(43(37)7)68-26-18-15-13-14-17-25-65-34-57(58,35-66-29-22-49(63)21-16-19-27-69-55-44(8)38(2)41(5)51(75-55)32-72-47(11)61)36-67-30-23-53(64)59-24-20-28-70-56-45(9)39(3)42(6)52(76-56)33-73-48(12)62/h37-45,50-52,54-56H,13-36,58H2,1-12H3,(H,59,64)/t37-,38-,39-,40+,41+,42+,43?,44?,45?,50?,51?,52?,54+,55+,56+,57?/m0/s1. The van der Waals surface area contributed by atoms with Crippen LogP contribution in [0.25, 0.3) is 0 Å². The van der Waals surface area contributed by atoms with Crippen molar-refractivity contribution in [1.82, 2.24) is 5.32 Å². The van der Waals surface area contributed by atoms with Crippen molar-refractivity contribution in [1.29, 1.82) is 0 Å². The number of ether oxygens (including phenoxy) is 12. The van der Waals surface area contributed by atoms with Gasteiger partial charge in [-0.05, 0) is 67.6 Å². The van der Waals surface area contributed by atoms with Gasteiger partial charge in [0.25, 0.3) is 0 Å². The van der Waals surface area contributed by atoms with Gasteiger partial charge in [-0.3, -0.25) is 24.0 Å². The highest BCUT2D eigenvalue weighted by molar-refractivity contribution is 5.78. The van der Waals surface area contributed by atoms with Crippen LogP contribution in [0.5, 0.6) is 0 Å². The molecule has 3 rings (SSSR count). The molecule has 0 saturated carbocycles. The van der Waals surface area contributed by atoms with Crippen LogP contribution in [0.1, 0.15) is 154 Å². The molecule has 76 heavy (non-hydrogen) atoms. The summed E-state index contributed by atoms with van der Waals surface area (Å²) in [5.41, 5.74) is 5.83. The van der Waals surface area contributed by atoms with Gasteiger partial charge in [0.1, 0.15) is 25.6 Å². The first-order valence-corrected chi connectivity index (χ1v) is 28.7. The summed E-state index contributed by atoms with van der Waals surface area (Å²) in [5.74, 6) is 1.18. The van der Waals surface area contributed by atoms with Gasteiger partial charge in [-0.2, -0.15) is 0 Å². The smallest absolute Gasteiger partial charge is 0.302 e. The molecule has 0 aliphatic carbocycles. The third-order valence-electron chi connectivity index (χ3n) is 16.2. The maximum atomic E-state index is 12.8. The summed E-state index contributed by atoms with van der Waals surface area (Å²) in [6.07, 6.45) is 5.67. The number of nitrogens with one attached hydrogen (secondary N) is 1. The van der Waals surface area contributed by atoms with E-state index in [-0.39, 0.29) is 155 Å². The molecule has 0 aromatic rings. The maximum Gasteiger partial charge on any atom is 0.302 e. The lowest BCUT2D eigenvalue weighted by atomic mass is 9.79. The molecule has 1 amide bonds. The van der Waals surface area contributed by atoms with Crippen LogP contribution in [0.3, 0.4) is 0 Å². The van der Waals surface area contributed by atoms with Crippen LogP contribution >= 0.6 is 0 Å². The van der Waals surface area contributed by atoms with Crippen LogP contribution in [0.15, 0.2) is 0 Å². The number of amides is 1. The normalized spacial score (nSPS) is 30.5.